The number of benzene rings is 1. The molecule has 1 N–H and O–H groups in total. The van der Waals surface area contributed by atoms with Gasteiger partial charge in [0.2, 0.25) is 5.91 Å². The summed E-state index contributed by atoms with van der Waals surface area (Å²) in [5.41, 5.74) is 1.97. The number of amides is 1. The van der Waals surface area contributed by atoms with Gasteiger partial charge in [0.15, 0.2) is 0 Å². The minimum absolute atomic E-state index is 0.0383. The molecule has 0 saturated carbocycles. The van der Waals surface area contributed by atoms with Gasteiger partial charge in [-0.25, -0.2) is 9.37 Å². The first kappa shape index (κ1) is 20.5. The van der Waals surface area contributed by atoms with Crippen LogP contribution in [0.15, 0.2) is 29.6 Å². The molecule has 1 aromatic heterocycles. The molecular formula is C20H28FN3OS. The van der Waals surface area contributed by atoms with Gasteiger partial charge in [-0.3, -0.25) is 9.69 Å². The van der Waals surface area contributed by atoms with Gasteiger partial charge in [0.25, 0.3) is 0 Å². The van der Waals surface area contributed by atoms with Crippen molar-refractivity contribution in [1.82, 2.24) is 15.2 Å². The minimum Gasteiger partial charge on any atom is -0.348 e. The zero-order valence-corrected chi connectivity index (χ0v) is 17.0. The Bertz CT molecular complexity index is 721. The van der Waals surface area contributed by atoms with E-state index in [1.54, 1.807) is 23.5 Å². The molecule has 2 rings (SSSR count). The molecule has 6 heteroatoms. The number of carbonyl (C=O) groups excluding carboxylic acids is 1. The summed E-state index contributed by atoms with van der Waals surface area (Å²) >= 11 is 1.60. The predicted molar refractivity (Wildman–Crippen MR) is 105 cm³/mol. The molecule has 1 amide bonds. The Morgan fingerprint density at radius 1 is 1.31 bits per heavy atom. The maximum Gasteiger partial charge on any atom is 0.234 e. The first-order valence-corrected chi connectivity index (χ1v) is 9.65. The van der Waals surface area contributed by atoms with Gasteiger partial charge in [-0.05, 0) is 43.5 Å². The molecule has 26 heavy (non-hydrogen) atoms. The molecule has 0 fully saturated rings. The van der Waals surface area contributed by atoms with Crippen LogP contribution in [-0.4, -0.2) is 29.4 Å². The van der Waals surface area contributed by atoms with Crippen molar-refractivity contribution >= 4 is 17.2 Å². The molecular weight excluding hydrogens is 349 g/mol. The molecule has 0 spiro atoms. The molecule has 0 saturated heterocycles. The van der Waals surface area contributed by atoms with Crippen LogP contribution in [0.4, 0.5) is 4.39 Å². The summed E-state index contributed by atoms with van der Waals surface area (Å²) in [5.74, 6) is -0.313. The monoisotopic (exact) mass is 377 g/mol. The van der Waals surface area contributed by atoms with E-state index in [1.807, 2.05) is 24.3 Å². The van der Waals surface area contributed by atoms with Crippen molar-refractivity contribution in [2.75, 3.05) is 13.6 Å². The van der Waals surface area contributed by atoms with E-state index >= 15 is 0 Å². The molecule has 2 aromatic rings. The van der Waals surface area contributed by atoms with E-state index in [-0.39, 0.29) is 23.2 Å². The van der Waals surface area contributed by atoms with Crippen LogP contribution in [0, 0.1) is 18.2 Å². The van der Waals surface area contributed by atoms with Crippen LogP contribution in [0.3, 0.4) is 0 Å². The Balaban J connectivity index is 1.99. The van der Waals surface area contributed by atoms with E-state index in [9.17, 15) is 9.18 Å². The average molecular weight is 378 g/mol. The second kappa shape index (κ2) is 8.73. The van der Waals surface area contributed by atoms with E-state index in [2.05, 4.69) is 31.1 Å². The van der Waals surface area contributed by atoms with Gasteiger partial charge in [0.05, 0.1) is 19.1 Å². The third-order valence-corrected chi connectivity index (χ3v) is 4.86. The van der Waals surface area contributed by atoms with Crippen molar-refractivity contribution in [2.24, 2.45) is 5.41 Å². The molecule has 0 radical (unpaired) electrons. The van der Waals surface area contributed by atoms with E-state index in [1.165, 1.54) is 12.1 Å². The highest BCUT2D eigenvalue weighted by Crippen LogP contribution is 2.29. The maximum atomic E-state index is 13.2. The van der Waals surface area contributed by atoms with Crippen molar-refractivity contribution in [3.05, 3.63) is 51.7 Å². The van der Waals surface area contributed by atoms with E-state index in [0.29, 0.717) is 13.1 Å². The Hall–Kier alpha value is -1.79. The number of nitrogens with zero attached hydrogens (tertiary/aromatic N) is 2. The Labute approximate surface area is 159 Å². The third kappa shape index (κ3) is 6.84. The van der Waals surface area contributed by atoms with Crippen LogP contribution in [0.5, 0.6) is 0 Å². The molecule has 4 nitrogen and oxygen atoms in total. The first-order valence-electron chi connectivity index (χ1n) is 8.77. The molecule has 142 valence electrons. The van der Waals surface area contributed by atoms with E-state index in [4.69, 9.17) is 0 Å². The lowest BCUT2D eigenvalue weighted by Crippen LogP contribution is -2.38. The van der Waals surface area contributed by atoms with Gasteiger partial charge in [-0.2, -0.15) is 0 Å². The normalized spacial score (nSPS) is 13.0. The highest BCUT2D eigenvalue weighted by molar-refractivity contribution is 7.09. The standard InChI is InChI=1S/C20H28FN3OS/c1-14-13-26-19(22-14)12-24(5)11-18(25)23-17(10-20(2,3)4)15-6-8-16(21)9-7-15/h6-9,13,17H,10-12H2,1-5H3,(H,23,25). The van der Waals surface area contributed by atoms with Gasteiger partial charge in [-0.1, -0.05) is 32.9 Å². The highest BCUT2D eigenvalue weighted by Gasteiger charge is 2.22. The first-order chi connectivity index (χ1) is 12.1. The van der Waals surface area contributed by atoms with Crippen molar-refractivity contribution in [1.29, 1.82) is 0 Å². The fourth-order valence-corrected chi connectivity index (χ4v) is 3.66. The number of carbonyl (C=O) groups is 1. The SMILES string of the molecule is Cc1csc(CN(C)CC(=O)NC(CC(C)(C)C)c2ccc(F)cc2)n1. The molecule has 1 unspecified atom stereocenters. The van der Waals surface area contributed by atoms with Crippen LogP contribution >= 0.6 is 11.3 Å². The predicted octanol–water partition coefficient (Wildman–Crippen LogP) is 4.32. The summed E-state index contributed by atoms with van der Waals surface area (Å²) < 4.78 is 13.2. The Morgan fingerprint density at radius 2 is 1.96 bits per heavy atom. The van der Waals surface area contributed by atoms with E-state index < -0.39 is 0 Å². The Kier molecular flexibility index (Phi) is 6.89. The summed E-state index contributed by atoms with van der Waals surface area (Å²) in [6.45, 7) is 9.30. The van der Waals surface area contributed by atoms with Crippen LogP contribution in [-0.2, 0) is 11.3 Å². The highest BCUT2D eigenvalue weighted by atomic mass is 32.1. The molecule has 0 aliphatic rings. The number of hydrogen-bond acceptors (Lipinski definition) is 4. The van der Waals surface area contributed by atoms with Gasteiger partial charge >= 0.3 is 0 Å². The molecule has 0 bridgehead atoms. The molecule has 0 aliphatic heterocycles. The lowest BCUT2D eigenvalue weighted by atomic mass is 9.85. The molecule has 1 atom stereocenters. The summed E-state index contributed by atoms with van der Waals surface area (Å²) in [7, 11) is 1.91. The summed E-state index contributed by atoms with van der Waals surface area (Å²) in [5, 5.41) is 6.12. The average Bonchev–Trinajstić information content (AvgIpc) is 2.90. The summed E-state index contributed by atoms with van der Waals surface area (Å²) in [6.07, 6.45) is 0.778. The second-order valence-electron chi connectivity index (χ2n) is 7.99. The number of rotatable bonds is 7. The van der Waals surface area contributed by atoms with Crippen molar-refractivity contribution in [2.45, 2.75) is 46.7 Å². The van der Waals surface area contributed by atoms with Crippen molar-refractivity contribution in [3.63, 3.8) is 0 Å². The lowest BCUT2D eigenvalue weighted by Gasteiger charge is -2.28. The zero-order valence-electron chi connectivity index (χ0n) is 16.2. The largest absolute Gasteiger partial charge is 0.348 e. The maximum absolute atomic E-state index is 13.2. The number of thiazole rings is 1. The summed E-state index contributed by atoms with van der Waals surface area (Å²) in [4.78, 5) is 18.9. The third-order valence-electron chi connectivity index (χ3n) is 3.91. The minimum atomic E-state index is -0.270. The van der Waals surface area contributed by atoms with Crippen LogP contribution in [0.1, 0.15) is 49.5 Å². The summed E-state index contributed by atoms with van der Waals surface area (Å²) in [6, 6.07) is 6.23. The fraction of sp³-hybridized carbons (Fsp3) is 0.500. The quantitative estimate of drug-likeness (QED) is 0.782. The van der Waals surface area contributed by atoms with Gasteiger partial charge in [0, 0.05) is 11.1 Å². The van der Waals surface area contributed by atoms with Crippen molar-refractivity contribution < 1.29 is 9.18 Å². The molecule has 0 aliphatic carbocycles. The van der Waals surface area contributed by atoms with Crippen LogP contribution < -0.4 is 5.32 Å². The van der Waals surface area contributed by atoms with Gasteiger partial charge in [0.1, 0.15) is 10.8 Å². The van der Waals surface area contributed by atoms with E-state index in [0.717, 1.165) is 22.7 Å². The number of likely N-dealkylation sites (N-methyl/N-ethyl adjacent to an activating group) is 1. The molecule has 1 heterocycles. The number of hydrogen-bond donors (Lipinski definition) is 1. The smallest absolute Gasteiger partial charge is 0.234 e. The number of halogens is 1. The second-order valence-corrected chi connectivity index (χ2v) is 8.93. The molecule has 1 aromatic carbocycles. The van der Waals surface area contributed by atoms with Crippen LogP contribution in [0.25, 0.3) is 0 Å². The topological polar surface area (TPSA) is 45.2 Å². The number of nitrogens with one attached hydrogen (secondary N) is 1. The number of aryl methyl sites for hydroxylation is 1. The zero-order chi connectivity index (χ0) is 19.3. The fourth-order valence-electron chi connectivity index (χ4n) is 2.81. The number of aromatic nitrogens is 1. The van der Waals surface area contributed by atoms with Gasteiger partial charge in [-0.15, -0.1) is 11.3 Å². The van der Waals surface area contributed by atoms with Crippen molar-refractivity contribution in [3.8, 4) is 0 Å². The lowest BCUT2D eigenvalue weighted by molar-refractivity contribution is -0.123. The van der Waals surface area contributed by atoms with Crippen LogP contribution in [0.2, 0.25) is 0 Å². The Morgan fingerprint density at radius 3 is 2.50 bits per heavy atom. The van der Waals surface area contributed by atoms with Gasteiger partial charge < -0.3 is 5.32 Å².